The fourth-order valence-electron chi connectivity index (χ4n) is 1.64. The number of nitrogens with zero attached hydrogens (tertiary/aromatic N) is 1. The fourth-order valence-corrected chi connectivity index (χ4v) is 1.64. The average molecular weight is 260 g/mol. The quantitative estimate of drug-likeness (QED) is 0.923. The minimum absolute atomic E-state index is 0.231. The van der Waals surface area contributed by atoms with Crippen LogP contribution in [0.15, 0.2) is 36.5 Å². The van der Waals surface area contributed by atoms with Gasteiger partial charge in [-0.3, -0.25) is 4.79 Å². The Bertz CT molecular complexity index is 614. The van der Waals surface area contributed by atoms with Crippen LogP contribution in [0.4, 0.5) is 10.1 Å². The first-order chi connectivity index (χ1) is 9.11. The number of amides is 1. The molecule has 0 radical (unpaired) electrons. The molecule has 1 amide bonds. The number of methoxy groups -OCH3 is 1. The van der Waals surface area contributed by atoms with Crippen molar-refractivity contribution >= 4 is 11.6 Å². The summed E-state index contributed by atoms with van der Waals surface area (Å²) in [6.07, 6.45) is 1.53. The summed E-state index contributed by atoms with van der Waals surface area (Å²) in [5.41, 5.74) is 1.50. The smallest absolute Gasteiger partial charge is 0.261 e. The number of nitrogens with one attached hydrogen (secondary N) is 1. The summed E-state index contributed by atoms with van der Waals surface area (Å²) >= 11 is 0. The molecular weight excluding hydrogens is 247 g/mol. The Labute approximate surface area is 110 Å². The third kappa shape index (κ3) is 2.88. The number of hydrogen-bond donors (Lipinski definition) is 1. The zero-order chi connectivity index (χ0) is 13.8. The highest BCUT2D eigenvalue weighted by molar-refractivity contribution is 6.06. The number of benzene rings is 1. The maximum atomic E-state index is 13.2. The molecule has 0 aliphatic rings. The number of aromatic nitrogens is 1. The molecule has 0 atom stereocenters. The molecule has 0 saturated heterocycles. The Morgan fingerprint density at radius 3 is 2.89 bits per heavy atom. The molecule has 0 bridgehead atoms. The molecule has 2 rings (SSSR count). The molecule has 1 aromatic carbocycles. The number of carbonyl (C=O) groups excluding carboxylic acids is 1. The molecule has 0 aliphatic carbocycles. The zero-order valence-electron chi connectivity index (χ0n) is 10.6. The van der Waals surface area contributed by atoms with Crippen molar-refractivity contribution < 1.29 is 13.9 Å². The van der Waals surface area contributed by atoms with Gasteiger partial charge in [-0.05, 0) is 36.8 Å². The zero-order valence-corrected chi connectivity index (χ0v) is 10.6. The van der Waals surface area contributed by atoms with Crippen molar-refractivity contribution in [2.24, 2.45) is 0 Å². The highest BCUT2D eigenvalue weighted by Gasteiger charge is 2.14. The molecule has 4 nitrogen and oxygen atoms in total. The van der Waals surface area contributed by atoms with E-state index in [1.54, 1.807) is 25.1 Å². The van der Waals surface area contributed by atoms with Gasteiger partial charge in [0.05, 0.1) is 7.11 Å². The van der Waals surface area contributed by atoms with E-state index >= 15 is 0 Å². The van der Waals surface area contributed by atoms with Crippen LogP contribution in [-0.2, 0) is 0 Å². The van der Waals surface area contributed by atoms with Gasteiger partial charge in [0, 0.05) is 11.9 Å². The maximum Gasteiger partial charge on any atom is 0.261 e. The van der Waals surface area contributed by atoms with Crippen LogP contribution < -0.4 is 10.1 Å². The molecule has 1 aromatic heterocycles. The molecule has 98 valence electrons. The van der Waals surface area contributed by atoms with E-state index in [-0.39, 0.29) is 5.88 Å². The number of rotatable bonds is 3. The van der Waals surface area contributed by atoms with Gasteiger partial charge in [0.15, 0.2) is 0 Å². The highest BCUT2D eigenvalue weighted by atomic mass is 19.1. The normalized spacial score (nSPS) is 10.1. The van der Waals surface area contributed by atoms with E-state index in [0.717, 1.165) is 5.56 Å². The van der Waals surface area contributed by atoms with E-state index in [1.807, 2.05) is 0 Å². The van der Waals surface area contributed by atoms with Gasteiger partial charge in [-0.15, -0.1) is 0 Å². The summed E-state index contributed by atoms with van der Waals surface area (Å²) in [6.45, 7) is 1.79. The van der Waals surface area contributed by atoms with Crippen molar-refractivity contribution in [3.63, 3.8) is 0 Å². The van der Waals surface area contributed by atoms with Gasteiger partial charge in [-0.25, -0.2) is 9.37 Å². The van der Waals surface area contributed by atoms with Crippen molar-refractivity contribution in [3.8, 4) is 5.88 Å². The minimum atomic E-state index is -0.404. The summed E-state index contributed by atoms with van der Waals surface area (Å²) in [5.74, 6) is -0.563. The molecule has 0 aliphatic heterocycles. The summed E-state index contributed by atoms with van der Waals surface area (Å²) < 4.78 is 18.2. The number of hydrogen-bond acceptors (Lipinski definition) is 3. The standard InChI is InChI=1S/C14H13FN2O2/c1-9-5-6-10(15)8-12(9)17-13(18)11-4-3-7-16-14(11)19-2/h3-8H,1-2H3,(H,17,18). The van der Waals surface area contributed by atoms with E-state index in [9.17, 15) is 9.18 Å². The Balaban J connectivity index is 2.28. The number of pyridine rings is 1. The summed E-state index contributed by atoms with van der Waals surface area (Å²) in [4.78, 5) is 16.0. The Morgan fingerprint density at radius 2 is 2.16 bits per heavy atom. The second-order valence-electron chi connectivity index (χ2n) is 3.97. The van der Waals surface area contributed by atoms with Crippen molar-refractivity contribution in [1.29, 1.82) is 0 Å². The monoisotopic (exact) mass is 260 g/mol. The van der Waals surface area contributed by atoms with Gasteiger partial charge in [-0.1, -0.05) is 6.07 Å². The van der Waals surface area contributed by atoms with Crippen molar-refractivity contribution in [1.82, 2.24) is 4.98 Å². The lowest BCUT2D eigenvalue weighted by atomic mass is 10.2. The van der Waals surface area contributed by atoms with E-state index in [1.165, 1.54) is 25.4 Å². The molecule has 2 aromatic rings. The summed E-state index contributed by atoms with van der Waals surface area (Å²) in [7, 11) is 1.44. The molecule has 0 saturated carbocycles. The Hall–Kier alpha value is -2.43. The van der Waals surface area contributed by atoms with Crippen molar-refractivity contribution in [2.75, 3.05) is 12.4 Å². The second-order valence-corrected chi connectivity index (χ2v) is 3.97. The number of ether oxygens (including phenoxy) is 1. The Kier molecular flexibility index (Phi) is 3.75. The van der Waals surface area contributed by atoms with Gasteiger partial charge < -0.3 is 10.1 Å². The molecule has 19 heavy (non-hydrogen) atoms. The van der Waals surface area contributed by atoms with Gasteiger partial charge in [0.25, 0.3) is 5.91 Å². The van der Waals surface area contributed by atoms with Gasteiger partial charge >= 0.3 is 0 Å². The predicted molar refractivity (Wildman–Crippen MR) is 69.9 cm³/mol. The number of carbonyl (C=O) groups is 1. The van der Waals surface area contributed by atoms with Crippen LogP contribution in [0.25, 0.3) is 0 Å². The van der Waals surface area contributed by atoms with Crippen LogP contribution in [0.5, 0.6) is 5.88 Å². The minimum Gasteiger partial charge on any atom is -0.480 e. The average Bonchev–Trinajstić information content (AvgIpc) is 2.42. The third-order valence-electron chi connectivity index (χ3n) is 2.66. The van der Waals surface area contributed by atoms with Gasteiger partial charge in [0.2, 0.25) is 5.88 Å². The molecule has 1 heterocycles. The van der Waals surface area contributed by atoms with Crippen LogP contribution in [-0.4, -0.2) is 18.0 Å². The fraction of sp³-hybridized carbons (Fsp3) is 0.143. The van der Waals surface area contributed by atoms with E-state index in [2.05, 4.69) is 10.3 Å². The molecule has 0 spiro atoms. The molecule has 5 heteroatoms. The Morgan fingerprint density at radius 1 is 1.37 bits per heavy atom. The third-order valence-corrected chi connectivity index (χ3v) is 2.66. The van der Waals surface area contributed by atoms with Crippen molar-refractivity contribution in [2.45, 2.75) is 6.92 Å². The first kappa shape index (κ1) is 13.0. The lowest BCUT2D eigenvalue weighted by molar-refractivity contribution is 0.102. The number of halogens is 1. The largest absolute Gasteiger partial charge is 0.480 e. The predicted octanol–water partition coefficient (Wildman–Crippen LogP) is 2.79. The van der Waals surface area contributed by atoms with E-state index < -0.39 is 11.7 Å². The number of aryl methyl sites for hydroxylation is 1. The summed E-state index contributed by atoms with van der Waals surface area (Å²) in [5, 5.41) is 2.64. The lowest BCUT2D eigenvalue weighted by Gasteiger charge is -2.10. The first-order valence-electron chi connectivity index (χ1n) is 5.68. The van der Waals surface area contributed by atoms with E-state index in [0.29, 0.717) is 11.3 Å². The lowest BCUT2D eigenvalue weighted by Crippen LogP contribution is -2.14. The van der Waals surface area contributed by atoms with Crippen molar-refractivity contribution in [3.05, 3.63) is 53.5 Å². The molecule has 1 N–H and O–H groups in total. The SMILES string of the molecule is COc1ncccc1C(=O)Nc1cc(F)ccc1C. The van der Waals surface area contributed by atoms with Gasteiger partial charge in [-0.2, -0.15) is 0 Å². The van der Waals surface area contributed by atoms with Crippen LogP contribution in [0.2, 0.25) is 0 Å². The summed E-state index contributed by atoms with van der Waals surface area (Å²) in [6, 6.07) is 7.45. The molecule has 0 unspecified atom stereocenters. The highest BCUT2D eigenvalue weighted by Crippen LogP contribution is 2.19. The van der Waals surface area contributed by atoms with E-state index in [4.69, 9.17) is 4.74 Å². The second kappa shape index (κ2) is 5.48. The van der Waals surface area contributed by atoms with Crippen LogP contribution in [0.3, 0.4) is 0 Å². The maximum absolute atomic E-state index is 13.2. The molecular formula is C14H13FN2O2. The van der Waals surface area contributed by atoms with Crippen LogP contribution in [0, 0.1) is 12.7 Å². The topological polar surface area (TPSA) is 51.2 Å². The van der Waals surface area contributed by atoms with Gasteiger partial charge in [0.1, 0.15) is 11.4 Å². The number of anilines is 1. The van der Waals surface area contributed by atoms with Crippen LogP contribution in [0.1, 0.15) is 15.9 Å². The first-order valence-corrected chi connectivity index (χ1v) is 5.68. The van der Waals surface area contributed by atoms with Crippen LogP contribution >= 0.6 is 0 Å². The molecule has 0 fully saturated rings.